The van der Waals surface area contributed by atoms with Crippen LogP contribution in [0, 0.1) is 0 Å². The van der Waals surface area contributed by atoms with Gasteiger partial charge in [-0.25, -0.2) is 0 Å². The van der Waals surface area contributed by atoms with Gasteiger partial charge in [-0.3, -0.25) is 14.4 Å². The molecule has 0 heterocycles. The normalized spacial score (nSPS) is 11.5. The van der Waals surface area contributed by atoms with Gasteiger partial charge in [0.05, 0.1) is 25.2 Å². The number of hydrogen-bond donors (Lipinski definition) is 2. The van der Waals surface area contributed by atoms with Gasteiger partial charge in [0, 0.05) is 12.8 Å². The molecule has 0 aliphatic rings. The summed E-state index contributed by atoms with van der Waals surface area (Å²) in [6.45, 7) is 1.93. The molecule has 0 bridgehead atoms. The molecule has 0 aliphatic carbocycles. The summed E-state index contributed by atoms with van der Waals surface area (Å²) < 4.78 is 9.79. The summed E-state index contributed by atoms with van der Waals surface area (Å²) in [6.07, 6.45) is 0.0513. The quantitative estimate of drug-likeness (QED) is 0.646. The largest absolute Gasteiger partial charge is 0.495 e. The van der Waals surface area contributed by atoms with Gasteiger partial charge in [-0.05, 0) is 24.6 Å². The van der Waals surface area contributed by atoms with Crippen molar-refractivity contribution in [3.05, 3.63) is 28.8 Å². The van der Waals surface area contributed by atoms with Crippen LogP contribution in [0.3, 0.4) is 0 Å². The predicted molar refractivity (Wildman–Crippen MR) is 88.7 cm³/mol. The summed E-state index contributed by atoms with van der Waals surface area (Å²) >= 11 is 6.03. The van der Waals surface area contributed by atoms with Crippen molar-refractivity contribution in [1.29, 1.82) is 0 Å². The summed E-state index contributed by atoms with van der Waals surface area (Å²) in [5, 5.41) is 2.91. The van der Waals surface area contributed by atoms with Crippen molar-refractivity contribution in [3.63, 3.8) is 0 Å². The first kappa shape index (κ1) is 19.8. The van der Waals surface area contributed by atoms with Crippen LogP contribution in [0.25, 0.3) is 0 Å². The Bertz CT molecular complexity index is 606. The first-order chi connectivity index (χ1) is 11.4. The van der Waals surface area contributed by atoms with Crippen molar-refractivity contribution in [2.24, 2.45) is 5.73 Å². The molecular formula is C16H21ClN2O5. The minimum absolute atomic E-state index is 0.0560. The fourth-order valence-electron chi connectivity index (χ4n) is 2.01. The minimum atomic E-state index is -0.899. The van der Waals surface area contributed by atoms with Crippen LogP contribution in [0.15, 0.2) is 18.2 Å². The number of benzene rings is 1. The van der Waals surface area contributed by atoms with E-state index in [2.05, 4.69) is 5.32 Å². The molecule has 0 radical (unpaired) electrons. The highest BCUT2D eigenvalue weighted by atomic mass is 35.5. The summed E-state index contributed by atoms with van der Waals surface area (Å²) in [6, 6.07) is 4.13. The number of rotatable bonds is 9. The van der Waals surface area contributed by atoms with Gasteiger partial charge in [0.15, 0.2) is 0 Å². The third kappa shape index (κ3) is 6.45. The van der Waals surface area contributed by atoms with Gasteiger partial charge < -0.3 is 20.5 Å². The van der Waals surface area contributed by atoms with Gasteiger partial charge in [0.1, 0.15) is 11.8 Å². The number of halogens is 1. The predicted octanol–water partition coefficient (Wildman–Crippen LogP) is 1.20. The van der Waals surface area contributed by atoms with E-state index in [0.29, 0.717) is 10.8 Å². The number of primary amides is 1. The smallest absolute Gasteiger partial charge is 0.306 e. The standard InChI is InChI=1S/C16H21ClN2O5/c1-3-24-15(21)7-6-14(20)19-12(16(18)22)9-10-4-5-13(23-2)11(17)8-10/h4-5,8,12H,3,6-7,9H2,1-2H3,(H2,18,22)(H,19,20)/t12-/m0/s1. The topological polar surface area (TPSA) is 108 Å². The second kappa shape index (κ2) is 9.77. The van der Waals surface area contributed by atoms with Crippen molar-refractivity contribution >= 4 is 29.4 Å². The highest BCUT2D eigenvalue weighted by molar-refractivity contribution is 6.32. The zero-order valence-corrected chi connectivity index (χ0v) is 14.4. The van der Waals surface area contributed by atoms with Gasteiger partial charge >= 0.3 is 5.97 Å². The van der Waals surface area contributed by atoms with Crippen molar-refractivity contribution in [2.45, 2.75) is 32.2 Å². The lowest BCUT2D eigenvalue weighted by Gasteiger charge is -2.16. The van der Waals surface area contributed by atoms with E-state index in [1.165, 1.54) is 7.11 Å². The molecule has 0 aromatic heterocycles. The van der Waals surface area contributed by atoms with Crippen LogP contribution in [0.2, 0.25) is 5.02 Å². The molecule has 0 saturated heterocycles. The molecule has 1 atom stereocenters. The second-order valence-corrected chi connectivity index (χ2v) is 5.41. The zero-order valence-electron chi connectivity index (χ0n) is 13.6. The Morgan fingerprint density at radius 1 is 1.29 bits per heavy atom. The van der Waals surface area contributed by atoms with Crippen LogP contribution in [0.1, 0.15) is 25.3 Å². The maximum absolute atomic E-state index is 11.9. The minimum Gasteiger partial charge on any atom is -0.495 e. The number of ether oxygens (including phenoxy) is 2. The van der Waals surface area contributed by atoms with Crippen LogP contribution >= 0.6 is 11.6 Å². The van der Waals surface area contributed by atoms with Crippen molar-refractivity contribution in [3.8, 4) is 5.75 Å². The third-order valence-electron chi connectivity index (χ3n) is 3.20. The summed E-state index contributed by atoms with van der Waals surface area (Å²) in [7, 11) is 1.50. The Morgan fingerprint density at radius 2 is 2.00 bits per heavy atom. The molecule has 132 valence electrons. The van der Waals surface area contributed by atoms with E-state index in [9.17, 15) is 14.4 Å². The second-order valence-electron chi connectivity index (χ2n) is 5.00. The number of methoxy groups -OCH3 is 1. The Labute approximate surface area is 145 Å². The molecule has 1 rings (SSSR count). The molecule has 0 saturated carbocycles. The molecule has 2 amide bonds. The maximum Gasteiger partial charge on any atom is 0.306 e. The van der Waals surface area contributed by atoms with Gasteiger partial charge in [0.25, 0.3) is 0 Å². The van der Waals surface area contributed by atoms with Crippen LogP contribution in [0.4, 0.5) is 0 Å². The van der Waals surface area contributed by atoms with Gasteiger partial charge in [-0.1, -0.05) is 17.7 Å². The Kier molecular flexibility index (Phi) is 8.05. The first-order valence-corrected chi connectivity index (χ1v) is 7.81. The first-order valence-electron chi connectivity index (χ1n) is 7.44. The average Bonchev–Trinajstić information content (AvgIpc) is 2.52. The molecule has 0 fully saturated rings. The van der Waals surface area contributed by atoms with Crippen LogP contribution in [-0.4, -0.2) is 37.5 Å². The lowest BCUT2D eigenvalue weighted by Crippen LogP contribution is -2.45. The van der Waals surface area contributed by atoms with Gasteiger partial charge in [0.2, 0.25) is 11.8 Å². The summed E-state index contributed by atoms with van der Waals surface area (Å²) in [5.41, 5.74) is 6.05. The number of hydrogen-bond acceptors (Lipinski definition) is 5. The fourth-order valence-corrected chi connectivity index (χ4v) is 2.29. The number of carbonyl (C=O) groups excluding carboxylic acids is 3. The van der Waals surface area contributed by atoms with Crippen LogP contribution in [0.5, 0.6) is 5.75 Å². The Balaban J connectivity index is 2.64. The van der Waals surface area contributed by atoms with E-state index in [1.807, 2.05) is 0 Å². The molecule has 7 nitrogen and oxygen atoms in total. The average molecular weight is 357 g/mol. The molecular weight excluding hydrogens is 336 g/mol. The SMILES string of the molecule is CCOC(=O)CCC(=O)N[C@@H](Cc1ccc(OC)c(Cl)c1)C(N)=O. The number of nitrogens with one attached hydrogen (secondary N) is 1. The molecule has 24 heavy (non-hydrogen) atoms. The monoisotopic (exact) mass is 356 g/mol. The third-order valence-corrected chi connectivity index (χ3v) is 3.49. The molecule has 0 aliphatic heterocycles. The van der Waals surface area contributed by atoms with Crippen molar-refractivity contribution < 1.29 is 23.9 Å². The van der Waals surface area contributed by atoms with E-state index >= 15 is 0 Å². The lowest BCUT2D eigenvalue weighted by molar-refractivity contribution is -0.144. The number of esters is 1. The lowest BCUT2D eigenvalue weighted by atomic mass is 10.0. The Morgan fingerprint density at radius 3 is 2.54 bits per heavy atom. The highest BCUT2D eigenvalue weighted by Crippen LogP contribution is 2.25. The van der Waals surface area contributed by atoms with E-state index in [1.54, 1.807) is 25.1 Å². The summed E-state index contributed by atoms with van der Waals surface area (Å²) in [4.78, 5) is 34.6. The maximum atomic E-state index is 11.9. The Hall–Kier alpha value is -2.28. The number of carbonyl (C=O) groups is 3. The fraction of sp³-hybridized carbons (Fsp3) is 0.438. The highest BCUT2D eigenvalue weighted by Gasteiger charge is 2.19. The molecule has 0 unspecified atom stereocenters. The van der Waals surface area contributed by atoms with E-state index in [0.717, 1.165) is 5.56 Å². The zero-order chi connectivity index (χ0) is 18.1. The van der Waals surface area contributed by atoms with E-state index < -0.39 is 23.8 Å². The summed E-state index contributed by atoms with van der Waals surface area (Å²) in [5.74, 6) is -1.09. The van der Waals surface area contributed by atoms with Crippen LogP contribution in [-0.2, 0) is 25.5 Å². The van der Waals surface area contributed by atoms with Crippen LogP contribution < -0.4 is 15.8 Å². The van der Waals surface area contributed by atoms with E-state index in [-0.39, 0.29) is 25.9 Å². The van der Waals surface area contributed by atoms with Gasteiger partial charge in [-0.15, -0.1) is 0 Å². The molecule has 1 aromatic carbocycles. The number of amides is 2. The molecule has 8 heteroatoms. The molecule has 1 aromatic rings. The number of nitrogens with two attached hydrogens (primary N) is 1. The van der Waals surface area contributed by atoms with Crippen molar-refractivity contribution in [1.82, 2.24) is 5.32 Å². The molecule has 3 N–H and O–H groups in total. The van der Waals surface area contributed by atoms with E-state index in [4.69, 9.17) is 26.8 Å². The van der Waals surface area contributed by atoms with Gasteiger partial charge in [-0.2, -0.15) is 0 Å². The molecule has 0 spiro atoms. The van der Waals surface area contributed by atoms with Crippen molar-refractivity contribution in [2.75, 3.05) is 13.7 Å².